The summed E-state index contributed by atoms with van der Waals surface area (Å²) in [5.74, 6) is 1.82. The summed E-state index contributed by atoms with van der Waals surface area (Å²) in [7, 11) is 0. The zero-order valence-corrected chi connectivity index (χ0v) is 22.2. The Hall–Kier alpha value is -0.830. The maximum absolute atomic E-state index is 12.8. The molecule has 186 valence electrons. The molecule has 0 saturated heterocycles. The van der Waals surface area contributed by atoms with Crippen molar-refractivity contribution in [1.29, 1.82) is 0 Å². The summed E-state index contributed by atoms with van der Waals surface area (Å²) in [6, 6.07) is 0. The first-order valence-electron chi connectivity index (χ1n) is 13.9. The smallest absolute Gasteiger partial charge is 0.310 e. The summed E-state index contributed by atoms with van der Waals surface area (Å²) >= 11 is 0. The van der Waals surface area contributed by atoms with Gasteiger partial charge in [0.05, 0.1) is 11.5 Å². The molecule has 0 aliphatic heterocycles. The molecule has 0 heterocycles. The van der Waals surface area contributed by atoms with Gasteiger partial charge in [0.15, 0.2) is 0 Å². The predicted molar refractivity (Wildman–Crippen MR) is 133 cm³/mol. The lowest BCUT2D eigenvalue weighted by atomic mass is 9.33. The van der Waals surface area contributed by atoms with Gasteiger partial charge >= 0.3 is 5.97 Å². The van der Waals surface area contributed by atoms with E-state index in [-0.39, 0.29) is 33.7 Å². The van der Waals surface area contributed by atoms with Crippen molar-refractivity contribution in [3.05, 3.63) is 11.6 Å². The van der Waals surface area contributed by atoms with Crippen LogP contribution in [0.5, 0.6) is 0 Å². The van der Waals surface area contributed by atoms with E-state index in [1.54, 1.807) is 0 Å². The third-order valence-corrected chi connectivity index (χ3v) is 13.4. The number of fused-ring (bicyclic) bond motifs is 7. The molecule has 0 bridgehead atoms. The van der Waals surface area contributed by atoms with Crippen LogP contribution in [-0.2, 0) is 4.79 Å². The van der Waals surface area contributed by atoms with Crippen LogP contribution < -0.4 is 0 Å². The third-order valence-electron chi connectivity index (χ3n) is 13.4. The van der Waals surface area contributed by atoms with Crippen LogP contribution in [0.2, 0.25) is 0 Å². The van der Waals surface area contributed by atoms with Gasteiger partial charge in [-0.15, -0.1) is 0 Å². The molecule has 0 unspecified atom stereocenters. The molecule has 4 fully saturated rings. The predicted octanol–water partition coefficient (Wildman–Crippen LogP) is 7.09. The minimum Gasteiger partial charge on any atom is -0.481 e. The SMILES string of the molecule is C[C@H]1[C@H](C)CC[C@]2(C(=O)O)CC[C@]3(C)C(=CC[C@H]4[C@]5(C)CC[C@H](O)C(C)(C)[C@H]5CC[C@@]43C)[C@@H]12. The Morgan fingerprint density at radius 2 is 1.61 bits per heavy atom. The van der Waals surface area contributed by atoms with E-state index in [1.165, 1.54) is 18.4 Å². The number of aliphatic hydroxyl groups excluding tert-OH is 1. The van der Waals surface area contributed by atoms with E-state index in [0.717, 1.165) is 44.9 Å². The Labute approximate surface area is 201 Å². The van der Waals surface area contributed by atoms with Crippen molar-refractivity contribution in [2.75, 3.05) is 0 Å². The number of aliphatic carboxylic acids is 1. The van der Waals surface area contributed by atoms with E-state index in [0.29, 0.717) is 23.7 Å². The number of carboxylic acid groups (broad SMARTS) is 1. The van der Waals surface area contributed by atoms with Gasteiger partial charge in [0, 0.05) is 0 Å². The summed E-state index contributed by atoms with van der Waals surface area (Å²) in [6.45, 7) is 17.0. The minimum atomic E-state index is -0.557. The second kappa shape index (κ2) is 7.11. The van der Waals surface area contributed by atoms with E-state index in [2.05, 4.69) is 54.5 Å². The monoisotopic (exact) mass is 456 g/mol. The van der Waals surface area contributed by atoms with Crippen LogP contribution in [0.3, 0.4) is 0 Å². The molecule has 5 aliphatic carbocycles. The highest BCUT2D eigenvalue weighted by Crippen LogP contribution is 2.75. The van der Waals surface area contributed by atoms with Gasteiger partial charge in [-0.25, -0.2) is 0 Å². The van der Waals surface area contributed by atoms with Crippen LogP contribution in [-0.4, -0.2) is 22.3 Å². The highest BCUT2D eigenvalue weighted by molar-refractivity contribution is 5.76. The van der Waals surface area contributed by atoms with Crippen molar-refractivity contribution in [2.24, 2.45) is 56.7 Å². The largest absolute Gasteiger partial charge is 0.481 e. The maximum atomic E-state index is 12.8. The second-order valence-corrected chi connectivity index (χ2v) is 14.5. The molecule has 4 saturated carbocycles. The molecule has 3 heteroatoms. The van der Waals surface area contributed by atoms with Gasteiger partial charge in [0.25, 0.3) is 0 Å². The molecule has 0 radical (unpaired) electrons. The summed E-state index contributed by atoms with van der Waals surface area (Å²) in [6.07, 6.45) is 11.6. The van der Waals surface area contributed by atoms with Gasteiger partial charge in [-0.3, -0.25) is 4.79 Å². The fraction of sp³-hybridized carbons (Fsp3) is 0.900. The van der Waals surface area contributed by atoms with Crippen LogP contribution in [0.1, 0.15) is 106 Å². The van der Waals surface area contributed by atoms with Crippen LogP contribution in [0.15, 0.2) is 11.6 Å². The number of aliphatic hydroxyl groups is 1. The number of carboxylic acids is 1. The van der Waals surface area contributed by atoms with E-state index in [1.807, 2.05) is 0 Å². The van der Waals surface area contributed by atoms with Crippen molar-refractivity contribution < 1.29 is 15.0 Å². The van der Waals surface area contributed by atoms with Crippen molar-refractivity contribution in [3.63, 3.8) is 0 Å². The average Bonchev–Trinajstić information content (AvgIpc) is 2.74. The zero-order valence-electron chi connectivity index (χ0n) is 22.2. The lowest BCUT2D eigenvalue weighted by Crippen LogP contribution is -2.65. The number of hydrogen-bond acceptors (Lipinski definition) is 2. The Morgan fingerprint density at radius 1 is 0.909 bits per heavy atom. The fourth-order valence-electron chi connectivity index (χ4n) is 10.8. The normalized spacial score (nSPS) is 55.3. The molecule has 5 rings (SSSR count). The fourth-order valence-corrected chi connectivity index (χ4v) is 10.8. The van der Waals surface area contributed by atoms with Gasteiger partial charge in [0.2, 0.25) is 0 Å². The maximum Gasteiger partial charge on any atom is 0.310 e. The van der Waals surface area contributed by atoms with Crippen LogP contribution >= 0.6 is 0 Å². The minimum absolute atomic E-state index is 0.0302. The molecule has 0 amide bonds. The van der Waals surface area contributed by atoms with Gasteiger partial charge in [-0.2, -0.15) is 0 Å². The van der Waals surface area contributed by atoms with Crippen LogP contribution in [0, 0.1) is 56.7 Å². The Kier molecular flexibility index (Phi) is 5.15. The van der Waals surface area contributed by atoms with Gasteiger partial charge in [0.1, 0.15) is 0 Å². The van der Waals surface area contributed by atoms with Gasteiger partial charge in [-0.05, 0) is 109 Å². The first-order valence-corrected chi connectivity index (χ1v) is 13.9. The molecular weight excluding hydrogens is 408 g/mol. The standard InChI is InChI=1S/C30H48O3/c1-18-10-15-30(25(32)33)17-16-28(6)20(24(30)19(18)2)8-9-22-27(5)13-12-23(31)26(3,4)21(27)11-14-29(22,28)7/h8,18-19,21-24,31H,9-17H2,1-7H3,(H,32,33)/t18-,19+,21-,22+,23+,24-,27-,28-,29+,30+/m1/s1. The lowest BCUT2D eigenvalue weighted by molar-refractivity contribution is -0.206. The van der Waals surface area contributed by atoms with Crippen molar-refractivity contribution >= 4 is 5.97 Å². The molecule has 10 atom stereocenters. The molecule has 0 aromatic rings. The Balaban J connectivity index is 1.61. The number of rotatable bonds is 1. The van der Waals surface area contributed by atoms with Crippen LogP contribution in [0.4, 0.5) is 0 Å². The molecule has 0 aromatic heterocycles. The first kappa shape index (κ1) is 23.9. The number of allylic oxidation sites excluding steroid dienone is 2. The first-order chi connectivity index (χ1) is 15.3. The average molecular weight is 457 g/mol. The highest BCUT2D eigenvalue weighted by atomic mass is 16.4. The lowest BCUT2D eigenvalue weighted by Gasteiger charge is -2.71. The Bertz CT molecular complexity index is 874. The number of hydrogen-bond donors (Lipinski definition) is 2. The zero-order chi connectivity index (χ0) is 24.2. The molecule has 0 aromatic carbocycles. The second-order valence-electron chi connectivity index (χ2n) is 14.5. The summed E-state index contributed by atoms with van der Waals surface area (Å²) in [5.41, 5.74) is 1.46. The molecule has 33 heavy (non-hydrogen) atoms. The summed E-state index contributed by atoms with van der Waals surface area (Å²) < 4.78 is 0. The van der Waals surface area contributed by atoms with Gasteiger partial charge < -0.3 is 10.2 Å². The van der Waals surface area contributed by atoms with E-state index < -0.39 is 11.4 Å². The topological polar surface area (TPSA) is 57.5 Å². The molecular formula is C30H48O3. The third kappa shape index (κ3) is 2.75. The van der Waals surface area contributed by atoms with Crippen molar-refractivity contribution in [2.45, 2.75) is 112 Å². The van der Waals surface area contributed by atoms with Crippen molar-refractivity contribution in [3.8, 4) is 0 Å². The Morgan fingerprint density at radius 3 is 2.27 bits per heavy atom. The van der Waals surface area contributed by atoms with E-state index in [9.17, 15) is 15.0 Å². The van der Waals surface area contributed by atoms with Crippen molar-refractivity contribution in [1.82, 2.24) is 0 Å². The summed E-state index contributed by atoms with van der Waals surface area (Å²) in [5, 5.41) is 21.4. The highest BCUT2D eigenvalue weighted by Gasteiger charge is 2.69. The van der Waals surface area contributed by atoms with Gasteiger partial charge in [-0.1, -0.05) is 60.1 Å². The van der Waals surface area contributed by atoms with E-state index >= 15 is 0 Å². The molecule has 3 nitrogen and oxygen atoms in total. The quantitative estimate of drug-likeness (QED) is 0.414. The van der Waals surface area contributed by atoms with E-state index in [4.69, 9.17) is 0 Å². The summed E-state index contributed by atoms with van der Waals surface area (Å²) in [4.78, 5) is 12.8. The number of carbonyl (C=O) groups is 1. The van der Waals surface area contributed by atoms with Crippen LogP contribution in [0.25, 0.3) is 0 Å². The molecule has 5 aliphatic rings. The molecule has 2 N–H and O–H groups in total. The molecule has 0 spiro atoms.